The van der Waals surface area contributed by atoms with Crippen LogP contribution in [0, 0.1) is 0 Å². The van der Waals surface area contributed by atoms with Crippen LogP contribution in [-0.4, -0.2) is 27.0 Å². The van der Waals surface area contributed by atoms with Gasteiger partial charge in [0.25, 0.3) is 11.5 Å². The van der Waals surface area contributed by atoms with Gasteiger partial charge in [-0.15, -0.1) is 0 Å². The summed E-state index contributed by atoms with van der Waals surface area (Å²) in [5.74, 6) is -0.630. The summed E-state index contributed by atoms with van der Waals surface area (Å²) in [6.45, 7) is 4.24. The largest absolute Gasteiger partial charge is 0.506 e. The fourth-order valence-electron chi connectivity index (χ4n) is 3.57. The van der Waals surface area contributed by atoms with Crippen molar-refractivity contribution in [3.8, 4) is 5.75 Å². The molecule has 3 rings (SSSR count). The van der Waals surface area contributed by atoms with E-state index in [2.05, 4.69) is 0 Å². The minimum absolute atomic E-state index is 0.141. The van der Waals surface area contributed by atoms with E-state index in [1.165, 1.54) is 4.57 Å². The van der Waals surface area contributed by atoms with Gasteiger partial charge in [0.2, 0.25) is 0 Å². The van der Waals surface area contributed by atoms with Crippen LogP contribution in [0.1, 0.15) is 49.9 Å². The summed E-state index contributed by atoms with van der Waals surface area (Å²) in [5.41, 5.74) is 1.19. The molecule has 1 aromatic rings. The number of aromatic nitrogens is 1. The molecule has 0 aromatic carbocycles. The van der Waals surface area contributed by atoms with Crippen molar-refractivity contribution in [2.24, 2.45) is 7.05 Å². The number of nitrogens with zero attached hydrogens (tertiary/aromatic N) is 2. The summed E-state index contributed by atoms with van der Waals surface area (Å²) in [6, 6.07) is 0. The highest BCUT2D eigenvalue weighted by Crippen LogP contribution is 2.19. The van der Waals surface area contributed by atoms with Gasteiger partial charge in [0, 0.05) is 24.5 Å². The van der Waals surface area contributed by atoms with Crippen molar-refractivity contribution in [1.82, 2.24) is 9.47 Å². The van der Waals surface area contributed by atoms with Crippen molar-refractivity contribution in [3.63, 3.8) is 0 Å². The Labute approximate surface area is 146 Å². The number of hydrogen-bond donors (Lipinski definition) is 1. The zero-order valence-electron chi connectivity index (χ0n) is 15.0. The number of amides is 1. The van der Waals surface area contributed by atoms with Gasteiger partial charge >= 0.3 is 0 Å². The van der Waals surface area contributed by atoms with E-state index >= 15 is 0 Å². The van der Waals surface area contributed by atoms with Gasteiger partial charge in [0.1, 0.15) is 11.3 Å². The molecule has 0 fully saturated rings. The maximum absolute atomic E-state index is 13.1. The molecule has 0 unspecified atom stereocenters. The van der Waals surface area contributed by atoms with Gasteiger partial charge in [-0.05, 0) is 45.6 Å². The normalized spacial score (nSPS) is 16.1. The first-order chi connectivity index (χ1) is 12.0. The third-order valence-corrected chi connectivity index (χ3v) is 4.96. The number of pyridine rings is 1. The molecule has 0 saturated heterocycles. The number of carbonyl (C=O) groups excluding carboxylic acids is 1. The van der Waals surface area contributed by atoms with Crippen molar-refractivity contribution in [2.45, 2.75) is 39.5 Å². The Morgan fingerprint density at radius 2 is 2.04 bits per heavy atom. The van der Waals surface area contributed by atoms with E-state index in [4.69, 9.17) is 0 Å². The second-order valence-electron chi connectivity index (χ2n) is 6.53. The molecular weight excluding hydrogens is 316 g/mol. The first-order valence-corrected chi connectivity index (χ1v) is 8.77. The summed E-state index contributed by atoms with van der Waals surface area (Å²) in [5, 5.41) is 12.1. The van der Waals surface area contributed by atoms with Crippen LogP contribution in [0.15, 0.2) is 28.7 Å². The summed E-state index contributed by atoms with van der Waals surface area (Å²) in [4.78, 5) is 27.5. The zero-order valence-corrected chi connectivity index (χ0v) is 15.0. The second kappa shape index (κ2) is 6.75. The van der Waals surface area contributed by atoms with Gasteiger partial charge in [-0.1, -0.05) is 23.8 Å². The monoisotopic (exact) mass is 340 g/mol. The fraction of sp³-hybridized carbons (Fsp3) is 0.400. The van der Waals surface area contributed by atoms with E-state index in [9.17, 15) is 14.7 Å². The summed E-state index contributed by atoms with van der Waals surface area (Å²) in [6.07, 6.45) is 11.3. The highest BCUT2D eigenvalue weighted by atomic mass is 16.3. The van der Waals surface area contributed by atoms with Crippen molar-refractivity contribution < 1.29 is 9.90 Å². The summed E-state index contributed by atoms with van der Waals surface area (Å²) >= 11 is 0. The molecule has 0 spiro atoms. The van der Waals surface area contributed by atoms with Gasteiger partial charge < -0.3 is 14.6 Å². The maximum atomic E-state index is 13.1. The van der Waals surface area contributed by atoms with Crippen LogP contribution >= 0.6 is 0 Å². The quantitative estimate of drug-likeness (QED) is 0.908. The van der Waals surface area contributed by atoms with Crippen LogP contribution in [0.5, 0.6) is 5.75 Å². The lowest BCUT2D eigenvalue weighted by Crippen LogP contribution is -2.48. The van der Waals surface area contributed by atoms with Crippen molar-refractivity contribution in [2.75, 3.05) is 6.54 Å². The van der Waals surface area contributed by atoms with Gasteiger partial charge in [-0.3, -0.25) is 9.59 Å². The van der Waals surface area contributed by atoms with Crippen LogP contribution in [0.2, 0.25) is 0 Å². The molecule has 0 saturated carbocycles. The number of fused-ring (bicyclic) bond motifs is 1. The summed E-state index contributed by atoms with van der Waals surface area (Å²) in [7, 11) is 1.66. The first-order valence-electron chi connectivity index (χ1n) is 8.77. The number of hydrogen-bond acceptors (Lipinski definition) is 3. The number of allylic oxidation sites excluding steroid dienone is 3. The topological polar surface area (TPSA) is 62.5 Å². The Hall–Kier alpha value is -2.56. The average Bonchev–Trinajstić information content (AvgIpc) is 2.61. The smallest absolute Gasteiger partial charge is 0.267 e. The van der Waals surface area contributed by atoms with Gasteiger partial charge in [0.05, 0.1) is 5.35 Å². The lowest BCUT2D eigenvalue weighted by atomic mass is 10.0. The highest BCUT2D eigenvalue weighted by molar-refractivity contribution is 5.98. The van der Waals surface area contributed by atoms with E-state index in [1.807, 2.05) is 38.2 Å². The number of aromatic hydroxyl groups is 1. The maximum Gasteiger partial charge on any atom is 0.267 e. The molecule has 1 amide bonds. The molecule has 132 valence electrons. The SMILES string of the molecule is CCN(C(=O)c1c(O)c2c(n(C)c1=O)=CCCC=2C)C1=CCCC=C1. The molecule has 2 aliphatic rings. The van der Waals surface area contributed by atoms with Crippen LogP contribution in [-0.2, 0) is 7.05 Å². The molecule has 1 heterocycles. The Bertz CT molecular complexity index is 964. The van der Waals surface area contributed by atoms with E-state index in [0.29, 0.717) is 17.1 Å². The minimum Gasteiger partial charge on any atom is -0.506 e. The Balaban J connectivity index is 2.23. The van der Waals surface area contributed by atoms with E-state index in [0.717, 1.165) is 37.0 Å². The first kappa shape index (κ1) is 17.3. The van der Waals surface area contributed by atoms with E-state index < -0.39 is 11.5 Å². The summed E-state index contributed by atoms with van der Waals surface area (Å²) < 4.78 is 1.48. The molecule has 0 radical (unpaired) electrons. The second-order valence-corrected chi connectivity index (χ2v) is 6.53. The predicted molar refractivity (Wildman–Crippen MR) is 98.5 cm³/mol. The highest BCUT2D eigenvalue weighted by Gasteiger charge is 2.26. The van der Waals surface area contributed by atoms with Gasteiger partial charge in [-0.2, -0.15) is 0 Å². The van der Waals surface area contributed by atoms with E-state index in [1.54, 1.807) is 11.9 Å². The molecule has 1 N–H and O–H groups in total. The molecule has 25 heavy (non-hydrogen) atoms. The molecule has 1 aromatic heterocycles. The Morgan fingerprint density at radius 1 is 1.28 bits per heavy atom. The van der Waals surface area contributed by atoms with E-state index in [-0.39, 0.29) is 11.3 Å². The molecule has 0 aliphatic heterocycles. The predicted octanol–water partition coefficient (Wildman–Crippen LogP) is 1.53. The molecule has 0 atom stereocenters. The molecular formula is C20H24N2O3. The van der Waals surface area contributed by atoms with Crippen LogP contribution < -0.4 is 16.1 Å². The van der Waals surface area contributed by atoms with Crippen LogP contribution in [0.25, 0.3) is 11.6 Å². The number of carbonyl (C=O) groups is 1. The molecule has 5 nitrogen and oxygen atoms in total. The average molecular weight is 340 g/mol. The fourth-order valence-corrected chi connectivity index (χ4v) is 3.57. The lowest BCUT2D eigenvalue weighted by Gasteiger charge is -2.24. The standard InChI is InChI=1S/C20H24N2O3/c1-4-22(14-10-6-5-7-11-14)20(25)17-18(23)16-13(2)9-8-12-15(16)21(3)19(17)24/h6,10-12,23H,4-5,7-9H2,1-3H3. The van der Waals surface area contributed by atoms with Crippen molar-refractivity contribution in [1.29, 1.82) is 0 Å². The molecule has 0 bridgehead atoms. The third-order valence-electron chi connectivity index (χ3n) is 4.96. The Morgan fingerprint density at radius 3 is 2.68 bits per heavy atom. The van der Waals surface area contributed by atoms with Crippen LogP contribution in [0.3, 0.4) is 0 Å². The Kier molecular flexibility index (Phi) is 4.66. The van der Waals surface area contributed by atoms with Crippen LogP contribution in [0.4, 0.5) is 0 Å². The van der Waals surface area contributed by atoms with Crippen molar-refractivity contribution >= 4 is 17.6 Å². The van der Waals surface area contributed by atoms with Gasteiger partial charge in [0.15, 0.2) is 0 Å². The zero-order chi connectivity index (χ0) is 18.1. The number of rotatable bonds is 3. The lowest BCUT2D eigenvalue weighted by molar-refractivity contribution is 0.0811. The van der Waals surface area contributed by atoms with Crippen molar-refractivity contribution in [3.05, 3.63) is 50.4 Å². The molecule has 5 heteroatoms. The van der Waals surface area contributed by atoms with Gasteiger partial charge in [-0.25, -0.2) is 0 Å². The molecule has 2 aliphatic carbocycles. The third kappa shape index (κ3) is 2.84. The minimum atomic E-state index is -0.453. The number of likely N-dealkylation sites (N-methyl/N-ethyl adjacent to an activating group) is 1.